The van der Waals surface area contributed by atoms with E-state index in [4.69, 9.17) is 0 Å². The summed E-state index contributed by atoms with van der Waals surface area (Å²) >= 11 is 0. The molecule has 0 bridgehead atoms. The number of carbonyl (C=O) groups excluding carboxylic acids is 2. The number of phenols is 2. The van der Waals surface area contributed by atoms with E-state index in [0.29, 0.717) is 41.4 Å². The maximum absolute atomic E-state index is 12.7. The lowest BCUT2D eigenvalue weighted by molar-refractivity contribution is -0.114. The lowest BCUT2D eigenvalue weighted by Gasteiger charge is -2.20. The van der Waals surface area contributed by atoms with Crippen molar-refractivity contribution < 1.29 is 36.6 Å². The predicted octanol–water partition coefficient (Wildman–Crippen LogP) is 5.97. The normalized spacial score (nSPS) is 11.5. The van der Waals surface area contributed by atoms with Gasteiger partial charge in [0.2, 0.25) is 5.91 Å². The minimum atomic E-state index is -3.95. The standard InChI is InChI=1S/C19H16N2O5S.C15H20N2O3S/c1-12(23)20-17-10-16(21-27(25,26)14-7-3-2-4-8-14)18-13(11-22)6-5-9-15(18)19(17)24;1-4-17(5-2)21(19,20)16-14-10-11(3)15(18)13-9-7-6-8-12(13)14/h2-11,21,24H,1H3,(H,20,23);6-10,16,18H,4-5H2,1-3H3. The van der Waals surface area contributed by atoms with Gasteiger partial charge in [-0.2, -0.15) is 12.7 Å². The van der Waals surface area contributed by atoms with Gasteiger partial charge in [0.25, 0.3) is 10.0 Å². The second kappa shape index (κ2) is 14.7. The number of nitrogens with zero attached hydrogens (tertiary/aromatic N) is 1. The van der Waals surface area contributed by atoms with E-state index >= 15 is 0 Å². The van der Waals surface area contributed by atoms with Crippen LogP contribution in [0.25, 0.3) is 21.5 Å². The average molecular weight is 693 g/mol. The minimum Gasteiger partial charge on any atom is -0.507 e. The Labute approximate surface area is 279 Å². The third-order valence-electron chi connectivity index (χ3n) is 7.39. The number of aldehydes is 1. The Kier molecular flexibility index (Phi) is 10.9. The van der Waals surface area contributed by atoms with E-state index in [0.717, 1.165) is 0 Å². The summed E-state index contributed by atoms with van der Waals surface area (Å²) in [5.74, 6) is -0.518. The highest BCUT2D eigenvalue weighted by Gasteiger charge is 2.22. The molecule has 0 saturated carbocycles. The number of nitrogens with one attached hydrogen (secondary N) is 3. The van der Waals surface area contributed by atoms with Crippen molar-refractivity contribution >= 4 is 71.0 Å². The number of carbonyl (C=O) groups is 2. The van der Waals surface area contributed by atoms with E-state index in [2.05, 4.69) is 14.8 Å². The number of aromatic hydroxyl groups is 2. The average Bonchev–Trinajstić information content (AvgIpc) is 3.06. The van der Waals surface area contributed by atoms with Gasteiger partial charge in [0, 0.05) is 47.1 Å². The number of phenolic OH excluding ortho intramolecular Hbond substituents is 2. The molecule has 0 radical (unpaired) electrons. The summed E-state index contributed by atoms with van der Waals surface area (Å²) in [7, 11) is -7.54. The fraction of sp³-hybridized carbons (Fsp3) is 0.176. The number of hydrogen-bond donors (Lipinski definition) is 5. The highest BCUT2D eigenvalue weighted by atomic mass is 32.2. The van der Waals surface area contributed by atoms with E-state index in [9.17, 15) is 36.6 Å². The van der Waals surface area contributed by atoms with E-state index in [1.165, 1.54) is 41.6 Å². The van der Waals surface area contributed by atoms with Gasteiger partial charge in [0.1, 0.15) is 11.5 Å². The first-order valence-corrected chi connectivity index (χ1v) is 17.7. The molecule has 12 nitrogen and oxygen atoms in total. The highest BCUT2D eigenvalue weighted by Crippen LogP contribution is 2.40. The molecule has 0 atom stereocenters. The predicted molar refractivity (Wildman–Crippen MR) is 188 cm³/mol. The Morgan fingerprint density at radius 1 is 0.750 bits per heavy atom. The smallest absolute Gasteiger partial charge is 0.301 e. The Balaban J connectivity index is 0.000000224. The summed E-state index contributed by atoms with van der Waals surface area (Å²) in [6.45, 7) is 7.41. The van der Waals surface area contributed by atoms with Crippen LogP contribution in [0.15, 0.2) is 89.8 Å². The number of aryl methyl sites for hydroxylation is 1. The molecule has 5 aromatic rings. The summed E-state index contributed by atoms with van der Waals surface area (Å²) in [6, 6.07) is 22.4. The summed E-state index contributed by atoms with van der Waals surface area (Å²) in [4.78, 5) is 22.9. The van der Waals surface area contributed by atoms with Gasteiger partial charge in [0.05, 0.1) is 22.0 Å². The van der Waals surface area contributed by atoms with Gasteiger partial charge in [-0.25, -0.2) is 8.42 Å². The van der Waals surface area contributed by atoms with Crippen molar-refractivity contribution in [3.63, 3.8) is 0 Å². The van der Waals surface area contributed by atoms with Crippen LogP contribution in [0.5, 0.6) is 11.5 Å². The maximum Gasteiger partial charge on any atom is 0.301 e. The molecular weight excluding hydrogens is 657 g/mol. The van der Waals surface area contributed by atoms with E-state index in [1.807, 2.05) is 12.1 Å². The first-order chi connectivity index (χ1) is 22.7. The molecular formula is C34H36N4O8S2. The van der Waals surface area contributed by atoms with E-state index < -0.39 is 26.1 Å². The van der Waals surface area contributed by atoms with E-state index in [-0.39, 0.29) is 44.1 Å². The number of sulfonamides is 1. The zero-order chi connectivity index (χ0) is 35.2. The molecule has 0 saturated heterocycles. The highest BCUT2D eigenvalue weighted by molar-refractivity contribution is 7.92. The Hall–Kier alpha value is -5.18. The van der Waals surface area contributed by atoms with Crippen molar-refractivity contribution in [3.8, 4) is 11.5 Å². The molecule has 14 heteroatoms. The van der Waals surface area contributed by atoms with Crippen molar-refractivity contribution in [3.05, 3.63) is 96.1 Å². The second-order valence-electron chi connectivity index (χ2n) is 10.6. The topological polar surface area (TPSA) is 182 Å². The quantitative estimate of drug-likeness (QED) is 0.0674. The van der Waals surface area contributed by atoms with Gasteiger partial charge in [-0.05, 0) is 36.8 Å². The number of rotatable bonds is 10. The van der Waals surface area contributed by atoms with Crippen LogP contribution in [-0.4, -0.2) is 56.6 Å². The summed E-state index contributed by atoms with van der Waals surface area (Å²) in [5, 5.41) is 24.8. The number of amides is 1. The number of anilines is 3. The van der Waals surface area contributed by atoms with Gasteiger partial charge in [-0.3, -0.25) is 19.0 Å². The van der Waals surface area contributed by atoms with Crippen LogP contribution in [0.2, 0.25) is 0 Å². The maximum atomic E-state index is 12.7. The summed E-state index contributed by atoms with van der Waals surface area (Å²) < 4.78 is 56.6. The Morgan fingerprint density at radius 2 is 1.35 bits per heavy atom. The molecule has 0 heterocycles. The molecule has 5 rings (SSSR count). The van der Waals surface area contributed by atoms with E-state index in [1.54, 1.807) is 63.2 Å². The largest absolute Gasteiger partial charge is 0.507 e. The summed E-state index contributed by atoms with van der Waals surface area (Å²) in [6.07, 6.45) is 0.570. The molecule has 5 aromatic carbocycles. The van der Waals surface area contributed by atoms with Crippen LogP contribution >= 0.6 is 0 Å². The SMILES string of the molecule is CC(=O)Nc1cc(NS(=O)(=O)c2ccccc2)c2c(C=O)cccc2c1O.CCN(CC)S(=O)(=O)Nc1cc(C)c(O)c2ccccc12. The Bertz CT molecular complexity index is 2200. The zero-order valence-electron chi connectivity index (χ0n) is 26.7. The second-order valence-corrected chi connectivity index (χ2v) is 14.0. The third-order valence-corrected chi connectivity index (χ3v) is 10.4. The van der Waals surface area contributed by atoms with Crippen LogP contribution in [0, 0.1) is 6.92 Å². The van der Waals surface area contributed by atoms with Crippen LogP contribution in [0.1, 0.15) is 36.7 Å². The number of fused-ring (bicyclic) bond motifs is 2. The third kappa shape index (κ3) is 7.68. The van der Waals surface area contributed by atoms with Crippen molar-refractivity contribution in [1.82, 2.24) is 4.31 Å². The Morgan fingerprint density at radius 3 is 1.96 bits per heavy atom. The van der Waals surface area contributed by atoms with Gasteiger partial charge >= 0.3 is 10.2 Å². The van der Waals surface area contributed by atoms with Gasteiger partial charge in [-0.15, -0.1) is 0 Å². The molecule has 5 N–H and O–H groups in total. The molecule has 1 amide bonds. The molecule has 0 aromatic heterocycles. The monoisotopic (exact) mass is 692 g/mol. The lowest BCUT2D eigenvalue weighted by Crippen LogP contribution is -2.35. The van der Waals surface area contributed by atoms with Crippen LogP contribution in [0.4, 0.5) is 17.1 Å². The molecule has 252 valence electrons. The molecule has 0 unspecified atom stereocenters. The molecule has 0 aliphatic rings. The van der Waals surface area contributed by atoms with Gasteiger partial charge in [0.15, 0.2) is 6.29 Å². The lowest BCUT2D eigenvalue weighted by atomic mass is 10.0. The first kappa shape index (κ1) is 35.7. The summed E-state index contributed by atoms with van der Waals surface area (Å²) in [5.41, 5.74) is 1.41. The molecule has 0 fully saturated rings. The minimum absolute atomic E-state index is 0.0313. The van der Waals surface area contributed by atoms with Crippen LogP contribution in [-0.2, 0) is 25.0 Å². The first-order valence-electron chi connectivity index (χ1n) is 14.8. The van der Waals surface area contributed by atoms with Crippen molar-refractivity contribution in [1.29, 1.82) is 0 Å². The fourth-order valence-corrected chi connectivity index (χ4v) is 7.46. The van der Waals surface area contributed by atoms with Crippen LogP contribution < -0.4 is 14.8 Å². The van der Waals surface area contributed by atoms with Gasteiger partial charge < -0.3 is 15.5 Å². The van der Waals surface area contributed by atoms with Crippen molar-refractivity contribution in [2.24, 2.45) is 0 Å². The molecule has 0 aliphatic heterocycles. The number of benzene rings is 5. The molecule has 0 spiro atoms. The van der Waals surface area contributed by atoms with Crippen LogP contribution in [0.3, 0.4) is 0 Å². The molecule has 0 aliphatic carbocycles. The molecule has 48 heavy (non-hydrogen) atoms. The fourth-order valence-electron chi connectivity index (χ4n) is 5.12. The number of hydrogen-bond acceptors (Lipinski definition) is 8. The van der Waals surface area contributed by atoms with Gasteiger partial charge in [-0.1, -0.05) is 74.5 Å². The van der Waals surface area contributed by atoms with Crippen molar-refractivity contribution in [2.45, 2.75) is 32.6 Å². The zero-order valence-corrected chi connectivity index (χ0v) is 28.3. The van der Waals surface area contributed by atoms with Crippen molar-refractivity contribution in [2.75, 3.05) is 27.9 Å².